The zero-order chi connectivity index (χ0) is 19.6. The molecule has 0 saturated heterocycles. The van der Waals surface area contributed by atoms with Crippen LogP contribution < -0.4 is 5.32 Å². The summed E-state index contributed by atoms with van der Waals surface area (Å²) in [7, 11) is 0. The molecule has 0 spiro atoms. The molecule has 0 aliphatic rings. The minimum atomic E-state index is -4.62. The molecule has 4 nitrogen and oxygen atoms in total. The molecule has 1 N–H and O–H groups in total. The molecule has 0 amide bonds. The lowest BCUT2D eigenvalue weighted by molar-refractivity contribution is -0.137. The van der Waals surface area contributed by atoms with Gasteiger partial charge in [0.1, 0.15) is 0 Å². The van der Waals surface area contributed by atoms with E-state index < -0.39 is 23.1 Å². The number of aryl methyl sites for hydroxylation is 1. The molecular weight excluding hydrogens is 375 g/mol. The van der Waals surface area contributed by atoms with Crippen molar-refractivity contribution in [2.75, 3.05) is 5.32 Å². The van der Waals surface area contributed by atoms with E-state index in [1.54, 1.807) is 31.2 Å². The zero-order valence-corrected chi connectivity index (χ0v) is 14.8. The van der Waals surface area contributed by atoms with Gasteiger partial charge in [-0.3, -0.25) is 4.79 Å². The highest BCUT2D eigenvalue weighted by Gasteiger charge is 2.35. The van der Waals surface area contributed by atoms with Crippen molar-refractivity contribution in [2.24, 2.45) is 0 Å². The summed E-state index contributed by atoms with van der Waals surface area (Å²) >= 11 is 0.968. The largest absolute Gasteiger partial charge is 0.417 e. The van der Waals surface area contributed by atoms with Gasteiger partial charge in [0.05, 0.1) is 27.8 Å². The molecule has 0 aliphatic carbocycles. The zero-order valence-electron chi connectivity index (χ0n) is 14.0. The summed E-state index contributed by atoms with van der Waals surface area (Å²) in [4.78, 5) is 17.1. The van der Waals surface area contributed by atoms with Gasteiger partial charge < -0.3 is 5.32 Å². The number of halogens is 3. The van der Waals surface area contributed by atoms with Crippen LogP contribution in [0, 0.1) is 18.3 Å². The van der Waals surface area contributed by atoms with Crippen LogP contribution in [-0.2, 0) is 6.18 Å². The molecule has 0 atom stereocenters. The van der Waals surface area contributed by atoms with Crippen molar-refractivity contribution < 1.29 is 18.0 Å². The summed E-state index contributed by atoms with van der Waals surface area (Å²) in [6, 6.07) is 13.4. The predicted octanol–water partition coefficient (Wildman–Crippen LogP) is 5.32. The summed E-state index contributed by atoms with van der Waals surface area (Å²) in [5, 5.41) is 12.3. The third kappa shape index (κ3) is 3.99. The maximum atomic E-state index is 13.2. The second kappa shape index (κ2) is 7.21. The monoisotopic (exact) mass is 387 g/mol. The van der Waals surface area contributed by atoms with Gasteiger partial charge in [0.15, 0.2) is 5.13 Å². The number of carbonyl (C=O) groups excluding carboxylic acids is 1. The molecule has 0 fully saturated rings. The third-order valence-electron chi connectivity index (χ3n) is 3.72. The highest BCUT2D eigenvalue weighted by Crippen LogP contribution is 2.35. The molecule has 1 heterocycles. The molecule has 3 rings (SSSR count). The Morgan fingerprint density at radius 3 is 2.63 bits per heavy atom. The highest BCUT2D eigenvalue weighted by molar-refractivity contribution is 7.17. The van der Waals surface area contributed by atoms with E-state index in [2.05, 4.69) is 10.3 Å². The minimum Gasteiger partial charge on any atom is -0.331 e. The van der Waals surface area contributed by atoms with Gasteiger partial charge in [-0.05, 0) is 31.2 Å². The second-order valence-electron chi connectivity index (χ2n) is 5.62. The number of thiazole rings is 1. The fourth-order valence-electron chi connectivity index (χ4n) is 2.50. The van der Waals surface area contributed by atoms with Crippen molar-refractivity contribution in [3.63, 3.8) is 0 Å². The van der Waals surface area contributed by atoms with Crippen LogP contribution in [0.2, 0.25) is 0 Å². The van der Waals surface area contributed by atoms with E-state index in [-0.39, 0.29) is 4.88 Å². The molecule has 3 aromatic rings. The molecule has 27 heavy (non-hydrogen) atoms. The summed E-state index contributed by atoms with van der Waals surface area (Å²) in [5.74, 6) is -0.725. The van der Waals surface area contributed by atoms with Crippen molar-refractivity contribution >= 4 is 27.9 Å². The van der Waals surface area contributed by atoms with Crippen molar-refractivity contribution in [3.05, 3.63) is 75.8 Å². The van der Waals surface area contributed by atoms with E-state index in [0.29, 0.717) is 22.1 Å². The lowest BCUT2D eigenvalue weighted by atomic mass is 10.0. The van der Waals surface area contributed by atoms with E-state index in [1.165, 1.54) is 12.1 Å². The normalized spacial score (nSPS) is 11.1. The molecular formula is C19H12F3N3OS. The minimum absolute atomic E-state index is 0.130. The van der Waals surface area contributed by atoms with Crippen LogP contribution in [0.25, 0.3) is 0 Å². The number of hydrogen-bond donors (Lipinski definition) is 1. The van der Waals surface area contributed by atoms with Crippen LogP contribution in [0.3, 0.4) is 0 Å². The third-order valence-corrected chi connectivity index (χ3v) is 4.79. The number of hydrogen-bond acceptors (Lipinski definition) is 5. The lowest BCUT2D eigenvalue weighted by Crippen LogP contribution is -2.13. The first-order chi connectivity index (χ1) is 12.8. The average Bonchev–Trinajstić information content (AvgIpc) is 3.00. The molecule has 136 valence electrons. The SMILES string of the molecule is Cc1nc(Nc2cccc(C#N)c2)sc1C(=O)c1ccccc1C(F)(F)F. The fourth-order valence-corrected chi connectivity index (χ4v) is 3.44. The van der Waals surface area contributed by atoms with Crippen molar-refractivity contribution in [3.8, 4) is 6.07 Å². The predicted molar refractivity (Wildman–Crippen MR) is 96.2 cm³/mol. The van der Waals surface area contributed by atoms with Crippen molar-refractivity contribution in [1.29, 1.82) is 5.26 Å². The van der Waals surface area contributed by atoms with E-state index in [4.69, 9.17) is 5.26 Å². The van der Waals surface area contributed by atoms with Crippen LogP contribution in [-0.4, -0.2) is 10.8 Å². The van der Waals surface area contributed by atoms with Crippen molar-refractivity contribution in [2.45, 2.75) is 13.1 Å². The first kappa shape index (κ1) is 18.6. The Morgan fingerprint density at radius 2 is 1.93 bits per heavy atom. The molecule has 0 bridgehead atoms. The number of nitrogens with zero attached hydrogens (tertiary/aromatic N) is 2. The smallest absolute Gasteiger partial charge is 0.331 e. The fraction of sp³-hybridized carbons (Fsp3) is 0.105. The molecule has 0 aliphatic heterocycles. The van der Waals surface area contributed by atoms with Gasteiger partial charge in [0, 0.05) is 11.3 Å². The number of carbonyl (C=O) groups is 1. The summed E-state index contributed by atoms with van der Waals surface area (Å²) < 4.78 is 39.6. The maximum Gasteiger partial charge on any atom is 0.417 e. The quantitative estimate of drug-likeness (QED) is 0.616. The number of aromatic nitrogens is 1. The van der Waals surface area contributed by atoms with Gasteiger partial charge in [0.25, 0.3) is 0 Å². The van der Waals surface area contributed by atoms with E-state index in [1.807, 2.05) is 6.07 Å². The van der Waals surface area contributed by atoms with Gasteiger partial charge in [-0.1, -0.05) is 35.6 Å². The molecule has 2 aromatic carbocycles. The van der Waals surface area contributed by atoms with Crippen LogP contribution in [0.15, 0.2) is 48.5 Å². The maximum absolute atomic E-state index is 13.2. The Kier molecular flexibility index (Phi) is 4.97. The number of ketones is 1. The van der Waals surface area contributed by atoms with Gasteiger partial charge >= 0.3 is 6.18 Å². The first-order valence-corrected chi connectivity index (χ1v) is 8.57. The number of alkyl halides is 3. The number of anilines is 2. The Balaban J connectivity index is 1.93. The number of benzene rings is 2. The van der Waals surface area contributed by atoms with Gasteiger partial charge in [-0.25, -0.2) is 4.98 Å². The number of nitriles is 1. The van der Waals surface area contributed by atoms with Gasteiger partial charge in [-0.2, -0.15) is 18.4 Å². The van der Waals surface area contributed by atoms with Crippen LogP contribution in [0.4, 0.5) is 24.0 Å². The molecule has 0 radical (unpaired) electrons. The van der Waals surface area contributed by atoms with Crippen molar-refractivity contribution in [1.82, 2.24) is 4.98 Å². The van der Waals surface area contributed by atoms with Gasteiger partial charge in [-0.15, -0.1) is 0 Å². The van der Waals surface area contributed by atoms with Crippen LogP contribution in [0.5, 0.6) is 0 Å². The number of rotatable bonds is 4. The Hall–Kier alpha value is -3.18. The topological polar surface area (TPSA) is 65.8 Å². The summed E-state index contributed by atoms with van der Waals surface area (Å²) in [6.45, 7) is 1.57. The molecule has 8 heteroatoms. The molecule has 1 aromatic heterocycles. The van der Waals surface area contributed by atoms with E-state index in [0.717, 1.165) is 23.5 Å². The van der Waals surface area contributed by atoms with Crippen LogP contribution >= 0.6 is 11.3 Å². The van der Waals surface area contributed by atoms with Crippen LogP contribution in [0.1, 0.15) is 32.1 Å². The standard InChI is InChI=1S/C19H12F3N3OS/c1-11-17(16(26)14-7-2-3-8-15(14)19(20,21)22)27-18(24-11)25-13-6-4-5-12(9-13)10-23/h2-9H,1H3,(H,24,25). The Labute approximate surface area is 156 Å². The second-order valence-corrected chi connectivity index (χ2v) is 6.62. The van der Waals surface area contributed by atoms with Gasteiger partial charge in [0.2, 0.25) is 5.78 Å². The molecule has 0 unspecified atom stereocenters. The number of nitrogens with one attached hydrogen (secondary N) is 1. The first-order valence-electron chi connectivity index (χ1n) is 7.75. The lowest BCUT2D eigenvalue weighted by Gasteiger charge is -2.11. The summed E-state index contributed by atoms with van der Waals surface area (Å²) in [6.07, 6.45) is -4.62. The molecule has 0 saturated carbocycles. The highest BCUT2D eigenvalue weighted by atomic mass is 32.1. The average molecular weight is 387 g/mol. The van der Waals surface area contributed by atoms with E-state index in [9.17, 15) is 18.0 Å². The van der Waals surface area contributed by atoms with E-state index >= 15 is 0 Å². The summed E-state index contributed by atoms with van der Waals surface area (Å²) in [5.41, 5.74) is -0.00380. The Bertz CT molecular complexity index is 1050. The Morgan fingerprint density at radius 1 is 1.19 bits per heavy atom.